The molecule has 2 aliphatic carbocycles. The molecule has 1 heteroatoms. The lowest BCUT2D eigenvalue weighted by Gasteiger charge is -2.29. The minimum absolute atomic E-state index is 0.0590. The molecule has 0 spiro atoms. The summed E-state index contributed by atoms with van der Waals surface area (Å²) in [6.07, 6.45) is 5.60. The average Bonchev–Trinajstić information content (AvgIpc) is 3.42. The van der Waals surface area contributed by atoms with E-state index < -0.39 is 0 Å². The summed E-state index contributed by atoms with van der Waals surface area (Å²) in [5.74, 6) is 0. The summed E-state index contributed by atoms with van der Waals surface area (Å²) in [6.45, 7) is 9.42. The molecule has 1 atom stereocenters. The van der Waals surface area contributed by atoms with E-state index in [0.29, 0.717) is 0 Å². The summed E-state index contributed by atoms with van der Waals surface area (Å²) in [5, 5.41) is 0. The molecular formula is C42H35I. The number of benzene rings is 5. The SMILES string of the molecule is Cc1ccc(-c2cccc3c2C(C)(C)c2ccc(CC4(C)c5ccccc5-c5ccc(C6=CC=IC=C6)cc54)cc2-3)cc1. The molecule has 0 bridgehead atoms. The van der Waals surface area contributed by atoms with E-state index in [1.807, 2.05) is 0 Å². The Balaban J connectivity index is 1.24. The molecular weight excluding hydrogens is 631 g/mol. The highest BCUT2D eigenvalue weighted by Gasteiger charge is 2.41. The maximum Gasteiger partial charge on any atom is 0.0227 e. The molecule has 0 N–H and O–H groups in total. The Labute approximate surface area is 265 Å². The van der Waals surface area contributed by atoms with Crippen molar-refractivity contribution in [1.29, 1.82) is 0 Å². The van der Waals surface area contributed by atoms with Crippen LogP contribution in [0.1, 0.15) is 59.7 Å². The minimum Gasteiger partial charge on any atom is -0.0937 e. The van der Waals surface area contributed by atoms with Gasteiger partial charge in [-0.25, -0.2) is 0 Å². The van der Waals surface area contributed by atoms with Gasteiger partial charge in [0, 0.05) is 10.8 Å². The summed E-state index contributed by atoms with van der Waals surface area (Å²) in [5.41, 5.74) is 19.1. The minimum atomic E-state index is -0.105. The van der Waals surface area contributed by atoms with Crippen LogP contribution in [0, 0.1) is 6.92 Å². The van der Waals surface area contributed by atoms with Crippen LogP contribution in [0.2, 0.25) is 0 Å². The van der Waals surface area contributed by atoms with Crippen molar-refractivity contribution in [2.75, 3.05) is 0 Å². The molecule has 0 saturated heterocycles. The molecule has 43 heavy (non-hydrogen) atoms. The topological polar surface area (TPSA) is 0 Å². The Morgan fingerprint density at radius 3 is 2.16 bits per heavy atom. The van der Waals surface area contributed by atoms with E-state index in [0.717, 1.165) is 6.42 Å². The number of halogens is 1. The van der Waals surface area contributed by atoms with Crippen LogP contribution in [0.3, 0.4) is 0 Å². The van der Waals surface area contributed by atoms with Gasteiger partial charge in [0.05, 0.1) is 0 Å². The van der Waals surface area contributed by atoms with Crippen molar-refractivity contribution in [3.05, 3.63) is 158 Å². The van der Waals surface area contributed by atoms with Crippen molar-refractivity contribution in [3.8, 4) is 33.4 Å². The number of rotatable bonds is 4. The fourth-order valence-corrected chi connectivity index (χ4v) is 9.31. The number of fused-ring (bicyclic) bond motifs is 6. The van der Waals surface area contributed by atoms with E-state index in [4.69, 9.17) is 0 Å². The van der Waals surface area contributed by atoms with Crippen LogP contribution in [-0.4, -0.2) is 4.01 Å². The highest BCUT2D eigenvalue weighted by atomic mass is 127. The molecule has 0 nitrogen and oxygen atoms in total. The first-order chi connectivity index (χ1) is 20.8. The molecule has 1 heterocycles. The second-order valence-electron chi connectivity index (χ2n) is 13.1. The van der Waals surface area contributed by atoms with Crippen LogP contribution >= 0.6 is 20.7 Å². The first-order valence-electron chi connectivity index (χ1n) is 15.3. The molecule has 0 saturated carbocycles. The molecule has 0 radical (unpaired) electrons. The third-order valence-electron chi connectivity index (χ3n) is 10.0. The van der Waals surface area contributed by atoms with E-state index in [2.05, 4.69) is 151 Å². The lowest BCUT2D eigenvalue weighted by molar-refractivity contribution is 0.582. The second kappa shape index (κ2) is 9.86. The zero-order valence-corrected chi connectivity index (χ0v) is 27.4. The van der Waals surface area contributed by atoms with Gasteiger partial charge in [-0.3, -0.25) is 0 Å². The van der Waals surface area contributed by atoms with Gasteiger partial charge in [-0.15, -0.1) is 0 Å². The van der Waals surface area contributed by atoms with E-state index >= 15 is 0 Å². The first-order valence-corrected chi connectivity index (χ1v) is 17.7. The third-order valence-corrected chi connectivity index (χ3v) is 11.6. The van der Waals surface area contributed by atoms with E-state index in [-0.39, 0.29) is 31.6 Å². The number of hydrogen-bond acceptors (Lipinski definition) is 0. The van der Waals surface area contributed by atoms with Crippen LogP contribution in [0.5, 0.6) is 0 Å². The lowest BCUT2D eigenvalue weighted by Crippen LogP contribution is -2.24. The molecule has 1 aliphatic heterocycles. The van der Waals surface area contributed by atoms with Gasteiger partial charge in [0.2, 0.25) is 0 Å². The van der Waals surface area contributed by atoms with Gasteiger partial charge in [0.1, 0.15) is 0 Å². The summed E-state index contributed by atoms with van der Waals surface area (Å²) < 4.78 is 4.73. The monoisotopic (exact) mass is 666 g/mol. The zero-order chi connectivity index (χ0) is 29.3. The molecule has 5 aromatic carbocycles. The van der Waals surface area contributed by atoms with Crippen molar-refractivity contribution < 1.29 is 0 Å². The average molecular weight is 667 g/mol. The van der Waals surface area contributed by atoms with Gasteiger partial charge in [-0.05, 0) is 112 Å². The van der Waals surface area contributed by atoms with Crippen molar-refractivity contribution in [2.24, 2.45) is 0 Å². The molecule has 8 rings (SSSR count). The van der Waals surface area contributed by atoms with Crippen LogP contribution in [-0.2, 0) is 17.3 Å². The lowest BCUT2D eigenvalue weighted by atomic mass is 9.74. The highest BCUT2D eigenvalue weighted by molar-refractivity contribution is 14.2. The Hall–Kier alpha value is -3.82. The Bertz CT molecular complexity index is 2030. The number of hydrogen-bond donors (Lipinski definition) is 0. The van der Waals surface area contributed by atoms with Gasteiger partial charge < -0.3 is 0 Å². The molecule has 5 aromatic rings. The largest absolute Gasteiger partial charge is 0.0937 e. The fourth-order valence-electron chi connectivity index (χ4n) is 7.88. The van der Waals surface area contributed by atoms with E-state index in [1.54, 1.807) is 0 Å². The highest BCUT2D eigenvalue weighted by Crippen LogP contribution is 2.54. The van der Waals surface area contributed by atoms with Crippen LogP contribution in [0.4, 0.5) is 0 Å². The van der Waals surface area contributed by atoms with Crippen LogP contribution in [0.25, 0.3) is 39.0 Å². The van der Waals surface area contributed by atoms with Gasteiger partial charge in [-0.1, -0.05) is 144 Å². The smallest absolute Gasteiger partial charge is 0.0227 e. The van der Waals surface area contributed by atoms with Crippen molar-refractivity contribution in [3.63, 3.8) is 0 Å². The standard InChI is InChI=1S/C42H35I/c1-27-12-15-30(16-13-27)32-9-7-10-35-36-24-28(14-19-37(36)41(2,3)40(32)35)26-42(4)38-11-6-5-8-33(38)34-18-17-31(25-39(34)42)29-20-22-43-23-21-29/h5-25H,26H2,1-4H3. The molecule has 1 unspecified atom stereocenters. The Kier molecular flexibility index (Phi) is 6.14. The normalized spacial score (nSPS) is 18.7. The molecule has 0 amide bonds. The summed E-state index contributed by atoms with van der Waals surface area (Å²) in [7, 11) is 0. The quantitative estimate of drug-likeness (QED) is 0.168. The first kappa shape index (κ1) is 26.8. The van der Waals surface area contributed by atoms with Crippen molar-refractivity contribution >= 4 is 30.3 Å². The summed E-state index contributed by atoms with van der Waals surface area (Å²) in [4.78, 5) is 0. The maximum atomic E-state index is 2.50. The molecule has 210 valence electrons. The van der Waals surface area contributed by atoms with Gasteiger partial charge >= 0.3 is 0 Å². The summed E-state index contributed by atoms with van der Waals surface area (Å²) in [6, 6.07) is 39.4. The summed E-state index contributed by atoms with van der Waals surface area (Å²) >= 11 is 0.0703. The molecule has 0 fully saturated rings. The fraction of sp³-hybridized carbons (Fsp3) is 0.167. The Morgan fingerprint density at radius 2 is 1.35 bits per heavy atom. The van der Waals surface area contributed by atoms with Gasteiger partial charge in [-0.2, -0.15) is 0 Å². The third kappa shape index (κ3) is 4.12. The van der Waals surface area contributed by atoms with E-state index in [1.165, 1.54) is 77.9 Å². The van der Waals surface area contributed by atoms with Crippen molar-refractivity contribution in [2.45, 2.75) is 44.9 Å². The van der Waals surface area contributed by atoms with Crippen molar-refractivity contribution in [1.82, 2.24) is 0 Å². The van der Waals surface area contributed by atoms with Crippen LogP contribution < -0.4 is 0 Å². The zero-order valence-electron chi connectivity index (χ0n) is 25.2. The number of allylic oxidation sites excluding steroid dienone is 3. The second-order valence-corrected chi connectivity index (χ2v) is 15.2. The number of aryl methyl sites for hydroxylation is 1. The van der Waals surface area contributed by atoms with E-state index in [9.17, 15) is 0 Å². The van der Waals surface area contributed by atoms with Gasteiger partial charge in [0.25, 0.3) is 0 Å². The van der Waals surface area contributed by atoms with Gasteiger partial charge in [0.15, 0.2) is 0 Å². The maximum absolute atomic E-state index is 2.50. The predicted molar refractivity (Wildman–Crippen MR) is 193 cm³/mol. The molecule has 0 aromatic heterocycles. The molecule has 3 aliphatic rings. The van der Waals surface area contributed by atoms with Crippen LogP contribution in [0.15, 0.2) is 119 Å². The Morgan fingerprint density at radius 1 is 0.605 bits per heavy atom. The predicted octanol–water partition coefficient (Wildman–Crippen LogP) is 11.2.